The Morgan fingerprint density at radius 1 is 1.27 bits per heavy atom. The molecule has 0 aliphatic heterocycles. The lowest BCUT2D eigenvalue weighted by molar-refractivity contribution is 0.0957. The van der Waals surface area contributed by atoms with Gasteiger partial charge < -0.3 is 15.0 Å². The van der Waals surface area contributed by atoms with Crippen molar-refractivity contribution >= 4 is 11.7 Å². The number of anilines is 1. The van der Waals surface area contributed by atoms with E-state index in [0.717, 1.165) is 16.9 Å². The van der Waals surface area contributed by atoms with Crippen molar-refractivity contribution in [3.8, 4) is 5.75 Å². The third-order valence-electron chi connectivity index (χ3n) is 3.38. The molecule has 1 aromatic heterocycles. The van der Waals surface area contributed by atoms with Gasteiger partial charge in [0.25, 0.3) is 5.91 Å². The van der Waals surface area contributed by atoms with E-state index in [0.29, 0.717) is 18.1 Å². The van der Waals surface area contributed by atoms with E-state index < -0.39 is 0 Å². The van der Waals surface area contributed by atoms with Gasteiger partial charge in [-0.3, -0.25) is 4.79 Å². The van der Waals surface area contributed by atoms with Crippen LogP contribution in [0, 0.1) is 6.92 Å². The van der Waals surface area contributed by atoms with E-state index >= 15 is 0 Å². The van der Waals surface area contributed by atoms with Crippen LogP contribution in [0.15, 0.2) is 30.3 Å². The van der Waals surface area contributed by atoms with Crippen LogP contribution in [0.25, 0.3) is 0 Å². The Labute approximate surface area is 130 Å². The molecule has 0 radical (unpaired) electrons. The molecule has 22 heavy (non-hydrogen) atoms. The van der Waals surface area contributed by atoms with Gasteiger partial charge in [0.1, 0.15) is 5.75 Å². The molecule has 1 heterocycles. The number of nitrogens with one attached hydrogen (secondary N) is 1. The van der Waals surface area contributed by atoms with Gasteiger partial charge in [0, 0.05) is 20.6 Å². The number of aryl methyl sites for hydroxylation is 1. The quantitative estimate of drug-likeness (QED) is 0.912. The zero-order valence-corrected chi connectivity index (χ0v) is 13.3. The Kier molecular flexibility index (Phi) is 4.93. The standard InChI is InChI=1S/C16H20N4O2/c1-11-9-12(5-7-14(11)22-4)10-20(3)15-8-6-13(18-19-15)16(21)17-2/h5-9H,10H2,1-4H3,(H,17,21). The molecule has 1 amide bonds. The lowest BCUT2D eigenvalue weighted by Crippen LogP contribution is -2.22. The molecule has 0 bridgehead atoms. The van der Waals surface area contributed by atoms with Crippen LogP contribution in [0.2, 0.25) is 0 Å². The summed E-state index contributed by atoms with van der Waals surface area (Å²) >= 11 is 0. The minimum absolute atomic E-state index is 0.243. The molecule has 0 fully saturated rings. The van der Waals surface area contributed by atoms with Crippen molar-refractivity contribution in [2.75, 3.05) is 26.1 Å². The number of ether oxygens (including phenoxy) is 1. The van der Waals surface area contributed by atoms with Crippen molar-refractivity contribution in [1.29, 1.82) is 0 Å². The molecule has 2 rings (SSSR count). The Bertz CT molecular complexity index is 656. The molecule has 1 N–H and O–H groups in total. The summed E-state index contributed by atoms with van der Waals surface area (Å²) in [5.41, 5.74) is 2.55. The number of aromatic nitrogens is 2. The highest BCUT2D eigenvalue weighted by atomic mass is 16.5. The average Bonchev–Trinajstić information content (AvgIpc) is 2.54. The van der Waals surface area contributed by atoms with Crippen LogP contribution < -0.4 is 15.0 Å². The van der Waals surface area contributed by atoms with Gasteiger partial charge in [-0.1, -0.05) is 12.1 Å². The Morgan fingerprint density at radius 3 is 2.59 bits per heavy atom. The van der Waals surface area contributed by atoms with Gasteiger partial charge in [0.05, 0.1) is 7.11 Å². The summed E-state index contributed by atoms with van der Waals surface area (Å²) in [6.45, 7) is 2.71. The van der Waals surface area contributed by atoms with Gasteiger partial charge in [-0.05, 0) is 36.2 Å². The fraction of sp³-hybridized carbons (Fsp3) is 0.312. The first kappa shape index (κ1) is 15.8. The summed E-state index contributed by atoms with van der Waals surface area (Å²) in [5, 5.41) is 10.5. The van der Waals surface area contributed by atoms with E-state index in [-0.39, 0.29) is 5.91 Å². The second-order valence-electron chi connectivity index (χ2n) is 5.02. The third-order valence-corrected chi connectivity index (χ3v) is 3.38. The number of hydrogen-bond acceptors (Lipinski definition) is 5. The fourth-order valence-corrected chi connectivity index (χ4v) is 2.17. The zero-order valence-electron chi connectivity index (χ0n) is 13.3. The maximum atomic E-state index is 11.4. The predicted octanol–water partition coefficient (Wildman–Crippen LogP) is 1.79. The van der Waals surface area contributed by atoms with Crippen molar-refractivity contribution < 1.29 is 9.53 Å². The maximum absolute atomic E-state index is 11.4. The minimum atomic E-state index is -0.243. The number of methoxy groups -OCH3 is 1. The van der Waals surface area contributed by atoms with Crippen LogP contribution in [-0.2, 0) is 6.54 Å². The SMILES string of the molecule is CNC(=O)c1ccc(N(C)Cc2ccc(OC)c(C)c2)nn1. The predicted molar refractivity (Wildman–Crippen MR) is 85.3 cm³/mol. The minimum Gasteiger partial charge on any atom is -0.496 e. The van der Waals surface area contributed by atoms with E-state index in [1.807, 2.05) is 31.0 Å². The summed E-state index contributed by atoms with van der Waals surface area (Å²) in [6.07, 6.45) is 0. The molecule has 116 valence electrons. The van der Waals surface area contributed by atoms with Gasteiger partial charge in [0.15, 0.2) is 11.5 Å². The van der Waals surface area contributed by atoms with Crippen molar-refractivity contribution in [2.45, 2.75) is 13.5 Å². The molecule has 0 aliphatic rings. The number of hydrogen-bond donors (Lipinski definition) is 1. The number of carbonyl (C=O) groups is 1. The lowest BCUT2D eigenvalue weighted by Gasteiger charge is -2.18. The average molecular weight is 300 g/mol. The lowest BCUT2D eigenvalue weighted by atomic mass is 10.1. The largest absolute Gasteiger partial charge is 0.496 e. The Morgan fingerprint density at radius 2 is 2.05 bits per heavy atom. The number of amides is 1. The highest BCUT2D eigenvalue weighted by Gasteiger charge is 2.09. The van der Waals surface area contributed by atoms with E-state index in [1.165, 1.54) is 0 Å². The summed E-state index contributed by atoms with van der Waals surface area (Å²) in [5.74, 6) is 1.34. The first-order valence-corrected chi connectivity index (χ1v) is 6.95. The molecular weight excluding hydrogens is 280 g/mol. The van der Waals surface area contributed by atoms with Gasteiger partial charge in [-0.25, -0.2) is 0 Å². The Hall–Kier alpha value is -2.63. The summed E-state index contributed by atoms with van der Waals surface area (Å²) in [7, 11) is 5.16. The van der Waals surface area contributed by atoms with Crippen molar-refractivity contribution in [3.05, 3.63) is 47.2 Å². The molecule has 0 atom stereocenters. The molecule has 0 spiro atoms. The Balaban J connectivity index is 2.10. The third kappa shape index (κ3) is 3.52. The number of rotatable bonds is 5. The van der Waals surface area contributed by atoms with Crippen molar-refractivity contribution in [2.24, 2.45) is 0 Å². The van der Waals surface area contributed by atoms with Crippen molar-refractivity contribution in [1.82, 2.24) is 15.5 Å². The molecule has 0 unspecified atom stereocenters. The highest BCUT2D eigenvalue weighted by molar-refractivity contribution is 5.91. The number of nitrogens with zero attached hydrogens (tertiary/aromatic N) is 3. The van der Waals surface area contributed by atoms with Gasteiger partial charge in [-0.15, -0.1) is 10.2 Å². The van der Waals surface area contributed by atoms with Crippen LogP contribution in [-0.4, -0.2) is 37.3 Å². The molecule has 6 heteroatoms. The number of carbonyl (C=O) groups excluding carboxylic acids is 1. The van der Waals surface area contributed by atoms with E-state index in [1.54, 1.807) is 26.3 Å². The second-order valence-corrected chi connectivity index (χ2v) is 5.02. The monoisotopic (exact) mass is 300 g/mol. The topological polar surface area (TPSA) is 67.4 Å². The van der Waals surface area contributed by atoms with Crippen LogP contribution in [0.4, 0.5) is 5.82 Å². The van der Waals surface area contributed by atoms with E-state index in [4.69, 9.17) is 4.74 Å². The van der Waals surface area contributed by atoms with Crippen LogP contribution in [0.5, 0.6) is 5.75 Å². The van der Waals surface area contributed by atoms with Gasteiger partial charge >= 0.3 is 0 Å². The van der Waals surface area contributed by atoms with Crippen LogP contribution in [0.3, 0.4) is 0 Å². The maximum Gasteiger partial charge on any atom is 0.271 e. The summed E-state index contributed by atoms with van der Waals surface area (Å²) in [6, 6.07) is 9.51. The van der Waals surface area contributed by atoms with E-state index in [9.17, 15) is 4.79 Å². The first-order valence-electron chi connectivity index (χ1n) is 6.95. The first-order chi connectivity index (χ1) is 10.5. The number of benzene rings is 1. The molecule has 0 aliphatic carbocycles. The van der Waals surface area contributed by atoms with Crippen molar-refractivity contribution in [3.63, 3.8) is 0 Å². The summed E-state index contributed by atoms with van der Waals surface area (Å²) in [4.78, 5) is 13.4. The molecule has 6 nitrogen and oxygen atoms in total. The van der Waals surface area contributed by atoms with Crippen LogP contribution >= 0.6 is 0 Å². The molecule has 0 saturated carbocycles. The zero-order chi connectivity index (χ0) is 16.1. The molecular formula is C16H20N4O2. The van der Waals surface area contributed by atoms with Crippen LogP contribution in [0.1, 0.15) is 21.6 Å². The van der Waals surface area contributed by atoms with Gasteiger partial charge in [-0.2, -0.15) is 0 Å². The van der Waals surface area contributed by atoms with Gasteiger partial charge in [0.2, 0.25) is 0 Å². The fourth-order valence-electron chi connectivity index (χ4n) is 2.17. The normalized spacial score (nSPS) is 10.2. The molecule has 1 aromatic carbocycles. The summed E-state index contributed by atoms with van der Waals surface area (Å²) < 4.78 is 5.26. The second kappa shape index (κ2) is 6.89. The molecule has 0 saturated heterocycles. The van der Waals surface area contributed by atoms with E-state index in [2.05, 4.69) is 21.6 Å². The smallest absolute Gasteiger partial charge is 0.271 e. The highest BCUT2D eigenvalue weighted by Crippen LogP contribution is 2.20. The molecule has 2 aromatic rings.